The van der Waals surface area contributed by atoms with Gasteiger partial charge >= 0.3 is 0 Å². The number of thiazole rings is 1. The highest BCUT2D eigenvalue weighted by molar-refractivity contribution is 7.89. The highest BCUT2D eigenvalue weighted by Crippen LogP contribution is 2.23. The Morgan fingerprint density at radius 2 is 2.24 bits per heavy atom. The largest absolute Gasteiger partial charge is 0.389 e. The lowest BCUT2D eigenvalue weighted by molar-refractivity contribution is 0.581. The van der Waals surface area contributed by atoms with E-state index in [0.29, 0.717) is 10.6 Å². The van der Waals surface area contributed by atoms with Crippen molar-refractivity contribution in [1.29, 1.82) is 0 Å². The molecular formula is C12H12ClN3O2S3. The fourth-order valence-electron chi connectivity index (χ4n) is 1.58. The van der Waals surface area contributed by atoms with Crippen LogP contribution in [-0.2, 0) is 16.6 Å². The molecule has 0 amide bonds. The molecule has 0 atom stereocenters. The quantitative estimate of drug-likeness (QED) is 0.797. The van der Waals surface area contributed by atoms with E-state index in [4.69, 9.17) is 29.6 Å². The third-order valence-corrected chi connectivity index (χ3v) is 5.67. The Kier molecular flexibility index (Phi) is 4.95. The van der Waals surface area contributed by atoms with E-state index in [2.05, 4.69) is 9.71 Å². The van der Waals surface area contributed by atoms with E-state index in [1.807, 2.05) is 12.3 Å². The fourth-order valence-corrected chi connectivity index (χ4v) is 4.02. The third-order valence-electron chi connectivity index (χ3n) is 2.59. The van der Waals surface area contributed by atoms with E-state index in [-0.39, 0.29) is 21.5 Å². The van der Waals surface area contributed by atoms with Gasteiger partial charge in [0.1, 0.15) is 14.9 Å². The van der Waals surface area contributed by atoms with Gasteiger partial charge in [-0.15, -0.1) is 11.3 Å². The van der Waals surface area contributed by atoms with E-state index in [9.17, 15) is 8.42 Å². The van der Waals surface area contributed by atoms with Gasteiger partial charge in [-0.25, -0.2) is 18.1 Å². The van der Waals surface area contributed by atoms with Crippen LogP contribution in [0.25, 0.3) is 0 Å². The molecule has 0 aliphatic carbocycles. The molecule has 21 heavy (non-hydrogen) atoms. The van der Waals surface area contributed by atoms with Crippen molar-refractivity contribution in [2.24, 2.45) is 5.73 Å². The summed E-state index contributed by atoms with van der Waals surface area (Å²) in [4.78, 5) is 4.25. The van der Waals surface area contributed by atoms with Gasteiger partial charge in [-0.2, -0.15) is 0 Å². The molecule has 0 bridgehead atoms. The summed E-state index contributed by atoms with van der Waals surface area (Å²) in [5, 5.41) is 2.64. The minimum atomic E-state index is -3.77. The average Bonchev–Trinajstić information content (AvgIpc) is 2.82. The second kappa shape index (κ2) is 6.37. The molecule has 112 valence electrons. The molecule has 1 aromatic heterocycles. The number of aromatic nitrogens is 1. The standard InChI is InChI=1S/C12H12ClN3O2S3/c1-7-6-20-11(16-7)5-15-21(17,18)10-4-8(12(14)19)2-3-9(10)13/h2-4,6,15H,5H2,1H3,(H2,14,19). The van der Waals surface area contributed by atoms with Gasteiger partial charge in [0.15, 0.2) is 0 Å². The Bertz CT molecular complexity index is 787. The number of sulfonamides is 1. The molecule has 5 nitrogen and oxygen atoms in total. The van der Waals surface area contributed by atoms with Gasteiger partial charge in [0.2, 0.25) is 10.0 Å². The molecule has 0 radical (unpaired) electrons. The predicted octanol–water partition coefficient (Wildman–Crippen LogP) is 2.22. The first-order valence-corrected chi connectivity index (χ1v) is 8.94. The molecule has 9 heteroatoms. The molecule has 2 aromatic rings. The van der Waals surface area contributed by atoms with E-state index in [1.54, 1.807) is 6.07 Å². The topological polar surface area (TPSA) is 85.1 Å². The normalized spacial score (nSPS) is 11.5. The first-order chi connectivity index (χ1) is 9.79. The molecule has 0 aliphatic rings. The zero-order valence-electron chi connectivity index (χ0n) is 11.0. The summed E-state index contributed by atoms with van der Waals surface area (Å²) in [6, 6.07) is 4.39. The summed E-state index contributed by atoms with van der Waals surface area (Å²) in [7, 11) is -3.77. The molecule has 2 rings (SSSR count). The number of hydrogen-bond donors (Lipinski definition) is 2. The Labute approximate surface area is 137 Å². The Balaban J connectivity index is 2.26. The van der Waals surface area contributed by atoms with Crippen molar-refractivity contribution < 1.29 is 8.42 Å². The van der Waals surface area contributed by atoms with Crippen molar-refractivity contribution >= 4 is 50.2 Å². The van der Waals surface area contributed by atoms with Crippen LogP contribution in [0.4, 0.5) is 0 Å². The lowest BCUT2D eigenvalue weighted by Gasteiger charge is -2.09. The number of halogens is 1. The second-order valence-corrected chi connectivity index (χ2v) is 7.74. The first kappa shape index (κ1) is 16.3. The van der Waals surface area contributed by atoms with Crippen molar-refractivity contribution in [1.82, 2.24) is 9.71 Å². The van der Waals surface area contributed by atoms with Crippen LogP contribution in [0.15, 0.2) is 28.5 Å². The highest BCUT2D eigenvalue weighted by Gasteiger charge is 2.19. The van der Waals surface area contributed by atoms with E-state index in [0.717, 1.165) is 5.69 Å². The van der Waals surface area contributed by atoms with Gasteiger partial charge in [-0.1, -0.05) is 29.9 Å². The van der Waals surface area contributed by atoms with Gasteiger partial charge < -0.3 is 5.73 Å². The minimum absolute atomic E-state index is 0.0530. The number of nitrogens with two attached hydrogens (primary N) is 1. The van der Waals surface area contributed by atoms with Gasteiger partial charge in [-0.3, -0.25) is 0 Å². The van der Waals surface area contributed by atoms with Crippen molar-refractivity contribution in [2.45, 2.75) is 18.4 Å². The number of thiocarbonyl (C=S) groups is 1. The fraction of sp³-hybridized carbons (Fsp3) is 0.167. The van der Waals surface area contributed by atoms with Gasteiger partial charge in [-0.05, 0) is 19.1 Å². The maximum atomic E-state index is 12.3. The van der Waals surface area contributed by atoms with E-state index < -0.39 is 10.0 Å². The number of aryl methyl sites for hydroxylation is 1. The number of nitrogens with one attached hydrogen (secondary N) is 1. The lowest BCUT2D eigenvalue weighted by atomic mass is 10.2. The molecule has 0 aliphatic heterocycles. The second-order valence-electron chi connectivity index (χ2n) is 4.22. The van der Waals surface area contributed by atoms with Gasteiger partial charge in [0, 0.05) is 16.6 Å². The van der Waals surface area contributed by atoms with E-state index in [1.165, 1.54) is 23.5 Å². The van der Waals surface area contributed by atoms with Crippen molar-refractivity contribution in [3.05, 3.63) is 44.9 Å². The summed E-state index contributed by atoms with van der Waals surface area (Å²) in [5.41, 5.74) is 6.80. The third kappa shape index (κ3) is 3.98. The zero-order valence-corrected chi connectivity index (χ0v) is 14.2. The van der Waals surface area contributed by atoms with Crippen LogP contribution < -0.4 is 10.5 Å². The summed E-state index contributed by atoms with van der Waals surface area (Å²) in [6.45, 7) is 1.95. The van der Waals surface area contributed by atoms with Crippen LogP contribution in [0.2, 0.25) is 5.02 Å². The van der Waals surface area contributed by atoms with Crippen LogP contribution in [0.3, 0.4) is 0 Å². The van der Waals surface area contributed by atoms with Crippen molar-refractivity contribution in [3.63, 3.8) is 0 Å². The molecular weight excluding hydrogens is 350 g/mol. The molecule has 0 saturated heterocycles. The monoisotopic (exact) mass is 361 g/mol. The summed E-state index contributed by atoms with van der Waals surface area (Å²) >= 11 is 12.2. The van der Waals surface area contributed by atoms with Crippen LogP contribution in [0, 0.1) is 6.92 Å². The zero-order chi connectivity index (χ0) is 15.6. The highest BCUT2D eigenvalue weighted by atomic mass is 35.5. The number of hydrogen-bond acceptors (Lipinski definition) is 5. The molecule has 0 saturated carbocycles. The Morgan fingerprint density at radius 3 is 2.81 bits per heavy atom. The molecule has 0 spiro atoms. The number of rotatable bonds is 5. The molecule has 0 unspecified atom stereocenters. The average molecular weight is 362 g/mol. The number of nitrogens with zero attached hydrogens (tertiary/aromatic N) is 1. The Hall–Kier alpha value is -1.06. The number of benzene rings is 1. The Morgan fingerprint density at radius 1 is 1.52 bits per heavy atom. The van der Waals surface area contributed by atoms with E-state index >= 15 is 0 Å². The predicted molar refractivity (Wildman–Crippen MR) is 88.2 cm³/mol. The van der Waals surface area contributed by atoms with Crippen molar-refractivity contribution in [2.75, 3.05) is 0 Å². The summed E-state index contributed by atoms with van der Waals surface area (Å²) < 4.78 is 27.1. The molecule has 1 heterocycles. The SMILES string of the molecule is Cc1csc(CNS(=O)(=O)c2cc(C(N)=S)ccc2Cl)n1. The van der Waals surface area contributed by atoms with Crippen LogP contribution in [0.5, 0.6) is 0 Å². The van der Waals surface area contributed by atoms with Crippen molar-refractivity contribution in [3.8, 4) is 0 Å². The van der Waals surface area contributed by atoms with Gasteiger partial charge in [0.05, 0.1) is 11.6 Å². The molecule has 3 N–H and O–H groups in total. The molecule has 1 aromatic carbocycles. The summed E-state index contributed by atoms with van der Waals surface area (Å²) in [5.74, 6) is 0. The minimum Gasteiger partial charge on any atom is -0.389 e. The lowest BCUT2D eigenvalue weighted by Crippen LogP contribution is -2.24. The first-order valence-electron chi connectivity index (χ1n) is 5.79. The van der Waals surface area contributed by atoms with Crippen LogP contribution in [-0.4, -0.2) is 18.4 Å². The van der Waals surface area contributed by atoms with Crippen LogP contribution in [0.1, 0.15) is 16.3 Å². The van der Waals surface area contributed by atoms with Gasteiger partial charge in [0.25, 0.3) is 0 Å². The molecule has 0 fully saturated rings. The van der Waals surface area contributed by atoms with Crippen LogP contribution >= 0.6 is 35.2 Å². The smallest absolute Gasteiger partial charge is 0.242 e. The summed E-state index contributed by atoms with van der Waals surface area (Å²) in [6.07, 6.45) is 0. The maximum Gasteiger partial charge on any atom is 0.242 e. The maximum absolute atomic E-state index is 12.3.